The van der Waals surface area contributed by atoms with Crippen LogP contribution in [0.25, 0.3) is 11.1 Å². The summed E-state index contributed by atoms with van der Waals surface area (Å²) in [6.45, 7) is 3.89. The molecule has 1 aliphatic carbocycles. The van der Waals surface area contributed by atoms with E-state index in [4.69, 9.17) is 0 Å². The number of halogens is 2. The molecule has 12 heteroatoms. The molecule has 3 heterocycles. The summed E-state index contributed by atoms with van der Waals surface area (Å²) in [6, 6.07) is 6.94. The van der Waals surface area contributed by atoms with Gasteiger partial charge in [-0.15, -0.1) is 0 Å². The Kier molecular flexibility index (Phi) is 6.78. The van der Waals surface area contributed by atoms with Crippen LogP contribution in [-0.4, -0.2) is 54.3 Å². The predicted molar refractivity (Wildman–Crippen MR) is 138 cm³/mol. The van der Waals surface area contributed by atoms with Crippen molar-refractivity contribution in [2.24, 2.45) is 5.92 Å². The van der Waals surface area contributed by atoms with E-state index in [0.717, 1.165) is 40.4 Å². The van der Waals surface area contributed by atoms with E-state index in [9.17, 15) is 26.8 Å². The van der Waals surface area contributed by atoms with Gasteiger partial charge in [-0.2, -0.15) is 4.31 Å². The molecule has 2 aromatic heterocycles. The summed E-state index contributed by atoms with van der Waals surface area (Å²) in [5.41, 5.74) is 1.82. The van der Waals surface area contributed by atoms with E-state index in [1.54, 1.807) is 25.3 Å². The molecule has 2 N–H and O–H groups in total. The zero-order valence-electron chi connectivity index (χ0n) is 20.9. The number of aryl methyl sites for hydroxylation is 1. The Bertz CT molecular complexity index is 1570. The van der Waals surface area contributed by atoms with Crippen molar-refractivity contribution in [3.8, 4) is 11.1 Å². The van der Waals surface area contributed by atoms with Gasteiger partial charge in [0.05, 0.1) is 0 Å². The van der Waals surface area contributed by atoms with Crippen LogP contribution in [0.5, 0.6) is 0 Å². The third-order valence-corrected chi connectivity index (χ3v) is 8.73. The molecule has 1 aromatic carbocycles. The molecule has 3 aromatic rings. The number of H-pyrrole nitrogens is 1. The number of anilines is 2. The SMILES string of the molecule is Cc1cnc(NC(=O)C2CC2)cc1-c1cc(N2CCN(S(=O)(=O)c3cc(F)ccc3F)C[C@@H]2C)[nH]c(=O)c1. The molecule has 1 saturated carbocycles. The fourth-order valence-electron chi connectivity index (χ4n) is 4.63. The highest BCUT2D eigenvalue weighted by atomic mass is 32.2. The number of carbonyl (C=O) groups excluding carboxylic acids is 1. The standard InChI is InChI=1S/C26H27F2N5O4S/c1-15-13-29-23(30-26(35)17-3-4-17)12-20(15)18-9-24(31-25(34)10-18)33-8-7-32(14-16(33)2)38(36,37)22-11-19(27)5-6-21(22)28/h5-6,9-13,16-17H,3-4,7-8,14H2,1-2H3,(H,31,34)(H,29,30,35)/t16-/m0/s1. The van der Waals surface area contributed by atoms with Gasteiger partial charge in [-0.05, 0) is 73.7 Å². The van der Waals surface area contributed by atoms with E-state index in [2.05, 4.69) is 15.3 Å². The Morgan fingerprint density at radius 2 is 1.89 bits per heavy atom. The van der Waals surface area contributed by atoms with Crippen LogP contribution in [0.1, 0.15) is 25.3 Å². The van der Waals surface area contributed by atoms with E-state index < -0.39 is 26.6 Å². The van der Waals surface area contributed by atoms with Crippen LogP contribution in [0.2, 0.25) is 0 Å². The van der Waals surface area contributed by atoms with E-state index in [1.165, 1.54) is 6.07 Å². The molecule has 9 nitrogen and oxygen atoms in total. The maximum Gasteiger partial charge on any atom is 0.250 e. The van der Waals surface area contributed by atoms with Gasteiger partial charge in [0.15, 0.2) is 0 Å². The molecule has 200 valence electrons. The molecular weight excluding hydrogens is 516 g/mol. The minimum absolute atomic E-state index is 0.0101. The number of amides is 1. The number of aromatic nitrogens is 2. The Balaban J connectivity index is 1.39. The zero-order valence-corrected chi connectivity index (χ0v) is 21.7. The highest BCUT2D eigenvalue weighted by molar-refractivity contribution is 7.89. The number of hydrogen-bond donors (Lipinski definition) is 2. The Morgan fingerprint density at radius 3 is 2.61 bits per heavy atom. The van der Waals surface area contributed by atoms with Gasteiger partial charge in [-0.3, -0.25) is 9.59 Å². The highest BCUT2D eigenvalue weighted by Crippen LogP contribution is 2.32. The first-order chi connectivity index (χ1) is 18.0. The van der Waals surface area contributed by atoms with Crippen molar-refractivity contribution >= 4 is 27.6 Å². The molecule has 38 heavy (non-hydrogen) atoms. The molecule has 1 atom stereocenters. The minimum Gasteiger partial charge on any atom is -0.353 e. The first-order valence-electron chi connectivity index (χ1n) is 12.3. The molecule has 1 saturated heterocycles. The molecule has 0 spiro atoms. The van der Waals surface area contributed by atoms with Gasteiger partial charge in [0.2, 0.25) is 21.5 Å². The van der Waals surface area contributed by atoms with Gasteiger partial charge in [0.1, 0.15) is 28.2 Å². The van der Waals surface area contributed by atoms with Gasteiger partial charge in [-0.1, -0.05) is 0 Å². The van der Waals surface area contributed by atoms with Crippen molar-refractivity contribution in [3.63, 3.8) is 0 Å². The Hall–Kier alpha value is -3.64. The number of pyridine rings is 2. The third-order valence-electron chi connectivity index (χ3n) is 6.85. The van der Waals surface area contributed by atoms with Gasteiger partial charge in [-0.25, -0.2) is 22.2 Å². The van der Waals surface area contributed by atoms with Crippen molar-refractivity contribution in [1.82, 2.24) is 14.3 Å². The van der Waals surface area contributed by atoms with Crippen molar-refractivity contribution in [3.05, 3.63) is 70.1 Å². The number of nitrogens with one attached hydrogen (secondary N) is 2. The maximum absolute atomic E-state index is 14.2. The van der Waals surface area contributed by atoms with Crippen molar-refractivity contribution in [1.29, 1.82) is 0 Å². The molecule has 0 unspecified atom stereocenters. The number of nitrogens with zero attached hydrogens (tertiary/aromatic N) is 3. The average molecular weight is 544 g/mol. The number of aromatic amines is 1. The van der Waals surface area contributed by atoms with Gasteiger partial charge in [0, 0.05) is 43.9 Å². The van der Waals surface area contributed by atoms with Crippen LogP contribution in [0.4, 0.5) is 20.4 Å². The quantitative estimate of drug-likeness (QED) is 0.493. The summed E-state index contributed by atoms with van der Waals surface area (Å²) in [5, 5.41) is 2.82. The number of rotatable bonds is 6. The zero-order chi connectivity index (χ0) is 27.2. The Labute approximate surface area is 218 Å². The predicted octanol–water partition coefficient (Wildman–Crippen LogP) is 3.27. The summed E-state index contributed by atoms with van der Waals surface area (Å²) < 4.78 is 55.1. The largest absolute Gasteiger partial charge is 0.353 e. The molecule has 1 aliphatic heterocycles. The van der Waals surface area contributed by atoms with Crippen LogP contribution in [0.15, 0.2) is 52.3 Å². The van der Waals surface area contributed by atoms with Gasteiger partial charge >= 0.3 is 0 Å². The second kappa shape index (κ2) is 9.91. The normalized spacial score (nSPS) is 18.4. The van der Waals surface area contributed by atoms with Crippen LogP contribution in [-0.2, 0) is 14.8 Å². The summed E-state index contributed by atoms with van der Waals surface area (Å²) >= 11 is 0. The number of benzene rings is 1. The van der Waals surface area contributed by atoms with E-state index in [0.29, 0.717) is 23.3 Å². The first-order valence-corrected chi connectivity index (χ1v) is 13.7. The van der Waals surface area contributed by atoms with E-state index in [-0.39, 0.29) is 43.1 Å². The number of sulfonamides is 1. The number of piperazine rings is 1. The number of hydrogen-bond acceptors (Lipinski definition) is 6. The summed E-state index contributed by atoms with van der Waals surface area (Å²) in [7, 11) is -4.26. The minimum atomic E-state index is -4.26. The highest BCUT2D eigenvalue weighted by Gasteiger charge is 2.35. The fourth-order valence-corrected chi connectivity index (χ4v) is 6.22. The van der Waals surface area contributed by atoms with Crippen LogP contribution >= 0.6 is 0 Å². The van der Waals surface area contributed by atoms with Crippen LogP contribution < -0.4 is 15.8 Å². The molecule has 0 radical (unpaired) electrons. The molecule has 2 aliphatic rings. The van der Waals surface area contributed by atoms with E-state index in [1.807, 2.05) is 11.8 Å². The lowest BCUT2D eigenvalue weighted by Crippen LogP contribution is -2.54. The first kappa shape index (κ1) is 26.0. The monoisotopic (exact) mass is 543 g/mol. The fraction of sp³-hybridized carbons (Fsp3) is 0.346. The maximum atomic E-state index is 14.2. The van der Waals surface area contributed by atoms with Crippen LogP contribution in [0.3, 0.4) is 0 Å². The molecule has 2 fully saturated rings. The molecule has 1 amide bonds. The second-order valence-corrected chi connectivity index (χ2v) is 11.7. The average Bonchev–Trinajstić information content (AvgIpc) is 3.72. The molecule has 0 bridgehead atoms. The van der Waals surface area contributed by atoms with Crippen molar-refractivity contribution in [2.45, 2.75) is 37.6 Å². The van der Waals surface area contributed by atoms with Crippen LogP contribution in [0, 0.1) is 24.5 Å². The van der Waals surface area contributed by atoms with Crippen molar-refractivity contribution < 1.29 is 22.0 Å². The van der Waals surface area contributed by atoms with Gasteiger partial charge < -0.3 is 15.2 Å². The lowest BCUT2D eigenvalue weighted by molar-refractivity contribution is -0.117. The third kappa shape index (κ3) is 5.18. The lowest BCUT2D eigenvalue weighted by Gasteiger charge is -2.40. The molecule has 5 rings (SSSR count). The molecular formula is C26H27F2N5O4S. The summed E-state index contributed by atoms with van der Waals surface area (Å²) in [6.07, 6.45) is 3.37. The lowest BCUT2D eigenvalue weighted by atomic mass is 10.0. The van der Waals surface area contributed by atoms with Gasteiger partial charge in [0.25, 0.3) is 0 Å². The Morgan fingerprint density at radius 1 is 1.13 bits per heavy atom. The second-order valence-electron chi connectivity index (χ2n) is 9.75. The summed E-state index contributed by atoms with van der Waals surface area (Å²) in [4.78, 5) is 33.1. The van der Waals surface area contributed by atoms with Crippen molar-refractivity contribution in [2.75, 3.05) is 29.9 Å². The number of carbonyl (C=O) groups is 1. The topological polar surface area (TPSA) is 115 Å². The summed E-state index contributed by atoms with van der Waals surface area (Å²) in [5.74, 6) is -1.01. The van der Waals surface area contributed by atoms with E-state index >= 15 is 0 Å². The smallest absolute Gasteiger partial charge is 0.250 e.